The molecule has 18 rings (SSSR count). The average molecular weight is 1820 g/mol. The van der Waals surface area contributed by atoms with Crippen molar-refractivity contribution in [2.45, 2.75) is 134 Å². The van der Waals surface area contributed by atoms with Gasteiger partial charge >= 0.3 is 20.6 Å². The Kier molecular flexibility index (Phi) is 26.8. The summed E-state index contributed by atoms with van der Waals surface area (Å²) in [5.74, 6) is 1.25. The molecule has 15 heterocycles. The van der Waals surface area contributed by atoms with Crippen molar-refractivity contribution in [1.29, 1.82) is 0 Å². The van der Waals surface area contributed by atoms with Crippen molar-refractivity contribution in [3.05, 3.63) is 160 Å². The van der Waals surface area contributed by atoms with Gasteiger partial charge in [-0.25, -0.2) is 15.0 Å². The van der Waals surface area contributed by atoms with Crippen molar-refractivity contribution in [3.8, 4) is 49.6 Å². The lowest BCUT2D eigenvalue weighted by atomic mass is 9.69. The van der Waals surface area contributed by atoms with Crippen LogP contribution in [0, 0.1) is 37.0 Å². The van der Waals surface area contributed by atoms with Crippen LogP contribution in [0.15, 0.2) is 123 Å². The predicted octanol–water partition coefficient (Wildman–Crippen LogP) is 12.7. The Balaban J connectivity index is 0.000000139. The highest BCUT2D eigenvalue weighted by Gasteiger charge is 2.60. The van der Waals surface area contributed by atoms with Gasteiger partial charge in [-0.05, 0) is 146 Å². The number of fused-ring (bicyclic) bond motifs is 3. The minimum Gasteiger partial charge on any atom is -0.496 e. The highest BCUT2D eigenvalue weighted by Crippen LogP contribution is 2.57. The number of rotatable bonds is 23. The summed E-state index contributed by atoms with van der Waals surface area (Å²) in [5.41, 5.74) is 1.76. The molecule has 33 nitrogen and oxygen atoms in total. The molecule has 6 saturated heterocycles. The summed E-state index contributed by atoms with van der Waals surface area (Å²) >= 11 is 3.89. The molecule has 9 aliphatic rings. The normalized spacial score (nSPS) is 20.4. The first kappa shape index (κ1) is 89.1. The molecule has 0 saturated carbocycles. The number of ether oxygens (including phenoxy) is 9. The van der Waals surface area contributed by atoms with Crippen LogP contribution in [0.25, 0.3) is 32.3 Å². The number of thiophene rings is 3. The molecule has 3 atom stereocenters. The summed E-state index contributed by atoms with van der Waals surface area (Å²) in [6.07, 6.45) is 12.2. The average Bonchev–Trinajstić information content (AvgIpc) is 1.55. The van der Waals surface area contributed by atoms with E-state index in [4.69, 9.17) is 55.9 Å². The second kappa shape index (κ2) is 37.5. The molecule has 3 spiro atoms. The van der Waals surface area contributed by atoms with Crippen LogP contribution in [-0.2, 0) is 63.4 Å². The number of anilines is 3. The Morgan fingerprint density at radius 1 is 0.432 bits per heavy atom. The fraction of sp³-hybridized carbons (Fsp3) is 0.483. The number of carbonyl (C=O) groups excluding carboxylic acids is 6. The summed E-state index contributed by atoms with van der Waals surface area (Å²) in [5, 5.41) is 4.89. The van der Waals surface area contributed by atoms with Crippen LogP contribution in [0.2, 0.25) is 0 Å². The van der Waals surface area contributed by atoms with Crippen molar-refractivity contribution in [1.82, 2.24) is 28.9 Å². The molecule has 125 heavy (non-hydrogen) atoms. The van der Waals surface area contributed by atoms with Crippen molar-refractivity contribution in [2.75, 3.05) is 135 Å². The van der Waals surface area contributed by atoms with E-state index < -0.39 is 67.0 Å². The first-order chi connectivity index (χ1) is 60.3. The summed E-state index contributed by atoms with van der Waals surface area (Å²) in [7, 11) is -4.14. The molecule has 6 aromatic heterocycles. The van der Waals surface area contributed by atoms with Gasteiger partial charge in [0.25, 0.3) is 0 Å². The molecule has 9 aliphatic heterocycles. The van der Waals surface area contributed by atoms with E-state index in [0.717, 1.165) is 48.6 Å². The van der Waals surface area contributed by atoms with Crippen LogP contribution in [0.1, 0.15) is 160 Å². The smallest absolute Gasteiger partial charge is 0.335 e. The number of carbonyl (C=O) groups is 6. The van der Waals surface area contributed by atoms with E-state index >= 15 is 0 Å². The van der Waals surface area contributed by atoms with Gasteiger partial charge in [0, 0.05) is 82.5 Å². The van der Waals surface area contributed by atoms with Crippen molar-refractivity contribution in [3.63, 3.8) is 0 Å². The van der Waals surface area contributed by atoms with E-state index in [1.54, 1.807) is 56.1 Å². The van der Waals surface area contributed by atoms with Gasteiger partial charge in [-0.2, -0.15) is 25.4 Å². The lowest BCUT2D eigenvalue weighted by molar-refractivity contribution is -0.129. The first-order valence-electron chi connectivity index (χ1n) is 41.8. The molecule has 666 valence electrons. The Labute approximate surface area is 734 Å². The topological polar surface area (TPSA) is 401 Å². The Bertz CT molecular complexity index is 5400. The van der Waals surface area contributed by atoms with E-state index in [1.165, 1.54) is 65.2 Å². The second-order valence-corrected chi connectivity index (χ2v) is 38.1. The second-order valence-electron chi connectivity index (χ2n) is 32.2. The van der Waals surface area contributed by atoms with E-state index in [0.29, 0.717) is 179 Å². The third-order valence-electron chi connectivity index (χ3n) is 25.3. The number of para-hydroxylation sites is 3. The summed E-state index contributed by atoms with van der Waals surface area (Å²) in [6, 6.07) is 22.7. The van der Waals surface area contributed by atoms with Crippen molar-refractivity contribution >= 4 is 105 Å². The molecule has 3 amide bonds. The molecule has 38 heteroatoms. The van der Waals surface area contributed by atoms with Gasteiger partial charge < -0.3 is 61.2 Å². The molecule has 6 fully saturated rings. The zero-order chi connectivity index (χ0) is 87.7. The van der Waals surface area contributed by atoms with Crippen LogP contribution in [0.4, 0.5) is 15.0 Å². The maximum atomic E-state index is 14.6. The van der Waals surface area contributed by atoms with Gasteiger partial charge in [0.15, 0.2) is 17.3 Å². The lowest BCUT2D eigenvalue weighted by Crippen LogP contribution is -2.58. The van der Waals surface area contributed by atoms with Gasteiger partial charge in [-0.3, -0.25) is 52.6 Å². The van der Waals surface area contributed by atoms with Crippen molar-refractivity contribution < 1.29 is 111 Å². The van der Waals surface area contributed by atoms with Crippen LogP contribution in [0.5, 0.6) is 17.2 Å². The fourth-order valence-corrected chi connectivity index (χ4v) is 23.5. The Hall–Kier alpha value is -9.33. The van der Waals surface area contributed by atoms with Crippen molar-refractivity contribution in [2.24, 2.45) is 16.2 Å². The number of nitrogens with zero attached hydrogens (tertiary/aromatic N) is 8. The van der Waals surface area contributed by atoms with Gasteiger partial charge in [0.1, 0.15) is 85.6 Å². The van der Waals surface area contributed by atoms with Gasteiger partial charge in [0.05, 0.1) is 109 Å². The standard InChI is InChI=1S/2C29H33N3O9S2.C29H33N3O6S/c2*1-18-23-25(33)29(9-12-31(13-10-29)43(35,36)37)28(34)32(27(23)42-24(18)26-30-11-16-40-26)17-22(41-19-7-14-39-15-8-19)20-5-3-4-6-21(20)38-2;1-18-23-25(33)29(9-11-30-12-10-29)28(34)32(27(23)39-24(18)26-31-13-16-37-26)17-22(38-19-7-14-36-15-8-19)20-5-3-4-6-21(20)35-2/h2*3-6,11,16,19,22H,7-10,12-15,17H2,1-2H3,(H,35,36,37);3-6,13,16,19,22,30H,7-12,14-15,17H2,1-2H3/t3*22-/m000/s1. The molecule has 3 N–H and O–H groups in total. The maximum Gasteiger partial charge on any atom is 0.335 e. The van der Waals surface area contributed by atoms with E-state index in [-0.39, 0.29) is 113 Å². The number of benzene rings is 3. The number of methoxy groups -OCH3 is 3. The molecular weight excluding hydrogens is 1720 g/mol. The number of oxazole rings is 3. The summed E-state index contributed by atoms with van der Waals surface area (Å²) in [6.45, 7) is 10.1. The zero-order valence-corrected chi connectivity index (χ0v) is 74.0. The zero-order valence-electron chi connectivity index (χ0n) is 69.9. The molecule has 9 aromatic rings. The third-order valence-corrected chi connectivity index (χ3v) is 31.2. The minimum atomic E-state index is -4.47. The highest BCUT2D eigenvalue weighted by molar-refractivity contribution is 7.83. The van der Waals surface area contributed by atoms with E-state index in [9.17, 15) is 54.7 Å². The Morgan fingerprint density at radius 2 is 0.704 bits per heavy atom. The number of hydrogen-bond acceptors (Lipinski definition) is 29. The number of piperidine rings is 3. The van der Waals surface area contributed by atoms with Crippen LogP contribution in [0.3, 0.4) is 0 Å². The van der Waals surface area contributed by atoms with Gasteiger partial charge in [0.2, 0.25) is 35.4 Å². The van der Waals surface area contributed by atoms with E-state index in [2.05, 4.69) is 20.3 Å². The molecule has 0 bridgehead atoms. The quantitative estimate of drug-likeness (QED) is 0.0395. The number of aromatic nitrogens is 3. The predicted molar refractivity (Wildman–Crippen MR) is 460 cm³/mol. The van der Waals surface area contributed by atoms with Crippen LogP contribution < -0.4 is 34.2 Å². The fourth-order valence-electron chi connectivity index (χ4n) is 18.5. The van der Waals surface area contributed by atoms with E-state index in [1.807, 2.05) is 79.7 Å². The van der Waals surface area contributed by atoms with Crippen LogP contribution in [-0.4, -0.2) is 223 Å². The maximum absolute atomic E-state index is 14.6. The minimum absolute atomic E-state index is 0.00421. The number of nitrogens with one attached hydrogen (secondary N) is 1. The van der Waals surface area contributed by atoms with Crippen LogP contribution >= 0.6 is 34.0 Å². The largest absolute Gasteiger partial charge is 0.496 e. The SMILES string of the molecule is COc1ccccc1[C@H](CN1C(=O)C2(CCN(S(=O)(=O)O)CC2)C(=O)c2c1sc(-c1ncco1)c2C)OC1CCOCC1.COc1ccccc1[C@H](CN1C(=O)C2(CCN(S(=O)(=O)O)CC2)C(=O)c2c1sc(-c1ncco1)c2C)OC1CCOCC1.COc1ccccc1[C@H](CN1C(=O)C2(CCNCC2)C(=O)c2c1sc(-c1ncco1)c2C)OC1CCOCC1. The molecular formula is C87H99N9O24S5. The van der Waals surface area contributed by atoms with Gasteiger partial charge in [-0.15, -0.1) is 34.0 Å². The summed E-state index contributed by atoms with van der Waals surface area (Å²) < 4.78 is 139. The number of hydrogen-bond donors (Lipinski definition) is 3. The lowest BCUT2D eigenvalue weighted by Gasteiger charge is -2.44. The Morgan fingerprint density at radius 3 is 0.960 bits per heavy atom. The molecule has 0 radical (unpaired) electrons. The molecule has 0 unspecified atom stereocenters. The number of Topliss-reactive ketones (excluding diaryl/α,β-unsaturated/α-hetero) is 3. The molecule has 3 aromatic carbocycles. The number of amides is 3. The highest BCUT2D eigenvalue weighted by atomic mass is 32.2. The monoisotopic (exact) mass is 1810 g/mol. The third kappa shape index (κ3) is 17.5. The van der Waals surface area contributed by atoms with Gasteiger partial charge in [-0.1, -0.05) is 54.6 Å². The number of ketones is 3. The molecule has 0 aliphatic carbocycles. The first-order valence-corrected chi connectivity index (χ1v) is 47.0. The summed E-state index contributed by atoms with van der Waals surface area (Å²) in [4.78, 5) is 106.